The summed E-state index contributed by atoms with van der Waals surface area (Å²) >= 11 is 0. The van der Waals surface area contributed by atoms with Crippen LogP contribution in [0.1, 0.15) is 107 Å². The molecule has 35 heavy (non-hydrogen) atoms. The number of Topliss-reactive ketones (excluding diaryl/α,β-unsaturated/α-hetero) is 1. The van der Waals surface area contributed by atoms with Crippen molar-refractivity contribution in [1.82, 2.24) is 0 Å². The zero-order valence-corrected chi connectivity index (χ0v) is 23.3. The molecule has 0 aromatic carbocycles. The summed E-state index contributed by atoms with van der Waals surface area (Å²) in [5.41, 5.74) is 0.895. The van der Waals surface area contributed by atoms with Crippen LogP contribution in [0.5, 0.6) is 0 Å². The lowest BCUT2D eigenvalue weighted by Crippen LogP contribution is -2.65. The van der Waals surface area contributed by atoms with Crippen LogP contribution in [0.25, 0.3) is 0 Å². The normalized spacial score (nSPS) is 43.8. The summed E-state index contributed by atoms with van der Waals surface area (Å²) in [4.78, 5) is 12.9. The van der Waals surface area contributed by atoms with Gasteiger partial charge >= 0.3 is 0 Å². The molecule has 4 N–H and O–H groups in total. The topological polar surface area (TPSA) is 98.0 Å². The molecule has 5 heteroatoms. The first-order chi connectivity index (χ1) is 15.9. The van der Waals surface area contributed by atoms with Crippen molar-refractivity contribution < 1.29 is 25.2 Å². The highest BCUT2D eigenvalue weighted by Gasteiger charge is 2.69. The molecule has 0 spiro atoms. The van der Waals surface area contributed by atoms with Crippen molar-refractivity contribution in [2.75, 3.05) is 0 Å². The standard InChI is InChI=1S/C30H50O5/c1-17(15-21(32)25(34)27(4,5)35)18-9-13-29(7)19(18)16-20(31)24-28(6)12-11-23(33)26(2,3)22(28)10-14-30(24,29)8/h17,20-22,24-25,31-32,34-35H,9-16H2,1-8H3/t17?,20-,21-,22+,24+,25+,28-,29-,30-/m0/s1. The summed E-state index contributed by atoms with van der Waals surface area (Å²) in [6.07, 6.45) is 3.96. The Bertz CT molecular complexity index is 899. The summed E-state index contributed by atoms with van der Waals surface area (Å²) < 4.78 is 0. The number of carbonyl (C=O) groups excluding carboxylic acids is 1. The number of fused-ring (bicyclic) bond motifs is 5. The second kappa shape index (κ2) is 8.38. The van der Waals surface area contributed by atoms with E-state index in [1.54, 1.807) is 0 Å². The van der Waals surface area contributed by atoms with E-state index in [9.17, 15) is 25.2 Å². The first-order valence-electron chi connectivity index (χ1n) is 13.9. The Morgan fingerprint density at radius 3 is 2.26 bits per heavy atom. The summed E-state index contributed by atoms with van der Waals surface area (Å²) in [6, 6.07) is 0. The van der Waals surface area contributed by atoms with E-state index in [-0.39, 0.29) is 33.5 Å². The SMILES string of the molecule is CC(C[C@H](O)[C@@H](O)C(C)(C)O)C1=C2C[C@H](O)[C@@H]3[C@@]4(C)CCC(=O)C(C)(C)[C@H]4CC[C@]3(C)[C@@]2(C)CC1. The molecule has 0 bridgehead atoms. The quantitative estimate of drug-likeness (QED) is 0.415. The van der Waals surface area contributed by atoms with Gasteiger partial charge < -0.3 is 20.4 Å². The van der Waals surface area contributed by atoms with Gasteiger partial charge in [0.1, 0.15) is 11.9 Å². The number of aliphatic hydroxyl groups excluding tert-OH is 3. The Hall–Kier alpha value is -0.750. The molecule has 0 aliphatic heterocycles. The number of hydrogen-bond donors (Lipinski definition) is 4. The third kappa shape index (κ3) is 3.82. The fraction of sp³-hybridized carbons (Fsp3) is 0.900. The van der Waals surface area contributed by atoms with E-state index in [2.05, 4.69) is 41.5 Å². The van der Waals surface area contributed by atoms with Gasteiger partial charge in [0.2, 0.25) is 0 Å². The maximum absolute atomic E-state index is 12.9. The molecule has 4 aliphatic rings. The molecule has 0 amide bonds. The summed E-state index contributed by atoms with van der Waals surface area (Å²) in [7, 11) is 0. The molecule has 1 unspecified atom stereocenters. The van der Waals surface area contributed by atoms with Gasteiger partial charge in [0.25, 0.3) is 0 Å². The van der Waals surface area contributed by atoms with Crippen molar-refractivity contribution in [1.29, 1.82) is 0 Å². The van der Waals surface area contributed by atoms with Crippen LogP contribution in [0, 0.1) is 39.4 Å². The Labute approximate surface area is 212 Å². The van der Waals surface area contributed by atoms with E-state index < -0.39 is 23.9 Å². The third-order valence-corrected chi connectivity index (χ3v) is 11.9. The van der Waals surface area contributed by atoms with E-state index in [4.69, 9.17) is 0 Å². The third-order valence-electron chi connectivity index (χ3n) is 11.9. The molecule has 0 aromatic heterocycles. The van der Waals surface area contributed by atoms with Gasteiger partial charge in [0.05, 0.1) is 17.8 Å². The van der Waals surface area contributed by atoms with Crippen molar-refractivity contribution in [3.8, 4) is 0 Å². The number of rotatable bonds is 5. The van der Waals surface area contributed by atoms with Crippen LogP contribution in [0.4, 0.5) is 0 Å². The second-order valence-corrected chi connectivity index (χ2v) is 14.5. The van der Waals surface area contributed by atoms with Gasteiger partial charge in [0.15, 0.2) is 0 Å². The average Bonchev–Trinajstić information content (AvgIpc) is 3.07. The van der Waals surface area contributed by atoms with E-state index >= 15 is 0 Å². The van der Waals surface area contributed by atoms with Crippen molar-refractivity contribution in [2.24, 2.45) is 39.4 Å². The highest BCUT2D eigenvalue weighted by atomic mass is 16.4. The van der Waals surface area contributed by atoms with Gasteiger partial charge in [-0.15, -0.1) is 0 Å². The molecule has 4 rings (SSSR count). The molecule has 0 heterocycles. The zero-order valence-electron chi connectivity index (χ0n) is 23.3. The monoisotopic (exact) mass is 490 g/mol. The lowest BCUT2D eigenvalue weighted by atomic mass is 9.36. The maximum Gasteiger partial charge on any atom is 0.138 e. The van der Waals surface area contributed by atoms with Gasteiger partial charge in [-0.25, -0.2) is 0 Å². The van der Waals surface area contributed by atoms with Crippen LogP contribution >= 0.6 is 0 Å². The fourth-order valence-corrected chi connectivity index (χ4v) is 9.77. The highest BCUT2D eigenvalue weighted by molar-refractivity contribution is 5.85. The Morgan fingerprint density at radius 2 is 1.66 bits per heavy atom. The number of hydrogen-bond acceptors (Lipinski definition) is 5. The van der Waals surface area contributed by atoms with E-state index in [0.717, 1.165) is 32.1 Å². The molecule has 0 aromatic rings. The largest absolute Gasteiger partial charge is 0.392 e. The molecule has 5 nitrogen and oxygen atoms in total. The minimum Gasteiger partial charge on any atom is -0.392 e. The minimum atomic E-state index is -1.36. The molecular formula is C30H50O5. The van der Waals surface area contributed by atoms with Crippen LogP contribution in [-0.4, -0.2) is 50.1 Å². The first-order valence-corrected chi connectivity index (χ1v) is 13.9. The van der Waals surface area contributed by atoms with E-state index in [1.807, 2.05) is 0 Å². The number of ketones is 1. The number of aliphatic hydroxyl groups is 4. The van der Waals surface area contributed by atoms with Gasteiger partial charge in [-0.2, -0.15) is 0 Å². The van der Waals surface area contributed by atoms with Gasteiger partial charge in [0, 0.05) is 11.8 Å². The molecule has 200 valence electrons. The fourth-order valence-electron chi connectivity index (χ4n) is 9.77. The molecule has 9 atom stereocenters. The lowest BCUT2D eigenvalue weighted by Gasteiger charge is -2.69. The van der Waals surface area contributed by atoms with Crippen molar-refractivity contribution in [2.45, 2.75) is 131 Å². The molecule has 0 radical (unpaired) electrons. The molecule has 4 aliphatic carbocycles. The van der Waals surface area contributed by atoms with Crippen molar-refractivity contribution in [3.63, 3.8) is 0 Å². The van der Waals surface area contributed by atoms with E-state index in [1.165, 1.54) is 25.0 Å². The predicted molar refractivity (Wildman–Crippen MR) is 138 cm³/mol. The van der Waals surface area contributed by atoms with E-state index in [0.29, 0.717) is 31.0 Å². The summed E-state index contributed by atoms with van der Waals surface area (Å²) in [5, 5.41) is 43.0. The highest BCUT2D eigenvalue weighted by Crippen LogP contribution is 2.74. The Balaban J connectivity index is 1.68. The molecule has 3 fully saturated rings. The summed E-state index contributed by atoms with van der Waals surface area (Å²) in [6.45, 7) is 16.6. The van der Waals surface area contributed by atoms with Crippen LogP contribution in [0.3, 0.4) is 0 Å². The van der Waals surface area contributed by atoms with Crippen LogP contribution in [-0.2, 0) is 4.79 Å². The van der Waals surface area contributed by atoms with Crippen LogP contribution < -0.4 is 0 Å². The second-order valence-electron chi connectivity index (χ2n) is 14.5. The Morgan fingerprint density at radius 1 is 1.03 bits per heavy atom. The first kappa shape index (κ1) is 27.3. The maximum atomic E-state index is 12.9. The van der Waals surface area contributed by atoms with Gasteiger partial charge in [-0.3, -0.25) is 4.79 Å². The molecule has 3 saturated carbocycles. The van der Waals surface area contributed by atoms with Crippen molar-refractivity contribution in [3.05, 3.63) is 11.1 Å². The molecule has 0 saturated heterocycles. The minimum absolute atomic E-state index is 0.0140. The van der Waals surface area contributed by atoms with Crippen molar-refractivity contribution >= 4 is 5.78 Å². The van der Waals surface area contributed by atoms with Gasteiger partial charge in [-0.1, -0.05) is 52.7 Å². The summed E-state index contributed by atoms with van der Waals surface area (Å²) in [5.74, 6) is 0.914. The average molecular weight is 491 g/mol. The molecular weight excluding hydrogens is 440 g/mol. The lowest BCUT2D eigenvalue weighted by molar-refractivity contribution is -0.208. The zero-order chi connectivity index (χ0) is 26.4. The van der Waals surface area contributed by atoms with Gasteiger partial charge in [-0.05, 0) is 92.8 Å². The smallest absolute Gasteiger partial charge is 0.138 e. The van der Waals surface area contributed by atoms with Crippen LogP contribution in [0.2, 0.25) is 0 Å². The number of allylic oxidation sites excluding steroid dienone is 1. The number of carbonyl (C=O) groups is 1. The predicted octanol–water partition coefficient (Wildman–Crippen LogP) is 4.79. The van der Waals surface area contributed by atoms with Crippen LogP contribution in [0.15, 0.2) is 11.1 Å². The Kier molecular flexibility index (Phi) is 6.53.